The van der Waals surface area contributed by atoms with E-state index in [1.807, 2.05) is 4.90 Å². The van der Waals surface area contributed by atoms with Crippen molar-refractivity contribution in [2.75, 3.05) is 19.6 Å². The molecule has 5 nitrogen and oxygen atoms in total. The van der Waals surface area contributed by atoms with E-state index in [0.717, 1.165) is 51.5 Å². The van der Waals surface area contributed by atoms with Gasteiger partial charge in [0.15, 0.2) is 0 Å². The quantitative estimate of drug-likeness (QED) is 0.810. The van der Waals surface area contributed by atoms with Crippen LogP contribution in [0.1, 0.15) is 44.9 Å². The van der Waals surface area contributed by atoms with Crippen molar-refractivity contribution in [2.24, 2.45) is 17.8 Å². The Kier molecular flexibility index (Phi) is 4.48. The maximum Gasteiger partial charge on any atom is 0.225 e. The molecule has 0 spiro atoms. The van der Waals surface area contributed by atoms with E-state index in [9.17, 15) is 14.7 Å². The minimum Gasteiger partial charge on any atom is -0.393 e. The van der Waals surface area contributed by atoms with Crippen LogP contribution in [0.3, 0.4) is 0 Å². The SMILES string of the molecule is O=C(NCC1CCCC1O)C1CCCN(C(=O)C2CC2)C1. The summed E-state index contributed by atoms with van der Waals surface area (Å²) in [6, 6.07) is 0. The number of carbonyl (C=O) groups excluding carboxylic acids is 2. The number of amides is 2. The largest absolute Gasteiger partial charge is 0.393 e. The number of nitrogens with zero attached hydrogens (tertiary/aromatic N) is 1. The number of carbonyl (C=O) groups is 2. The highest BCUT2D eigenvalue weighted by Gasteiger charge is 2.37. The molecule has 118 valence electrons. The third-order valence-electron chi connectivity index (χ3n) is 5.19. The van der Waals surface area contributed by atoms with Gasteiger partial charge < -0.3 is 15.3 Å². The van der Waals surface area contributed by atoms with Crippen LogP contribution in [0.15, 0.2) is 0 Å². The summed E-state index contributed by atoms with van der Waals surface area (Å²) >= 11 is 0. The van der Waals surface area contributed by atoms with E-state index in [2.05, 4.69) is 5.32 Å². The Labute approximate surface area is 126 Å². The summed E-state index contributed by atoms with van der Waals surface area (Å²) in [4.78, 5) is 26.3. The van der Waals surface area contributed by atoms with E-state index >= 15 is 0 Å². The molecule has 3 atom stereocenters. The molecule has 1 heterocycles. The number of hydrogen-bond acceptors (Lipinski definition) is 3. The molecule has 2 N–H and O–H groups in total. The van der Waals surface area contributed by atoms with Crippen LogP contribution in [0.25, 0.3) is 0 Å². The van der Waals surface area contributed by atoms with Crippen LogP contribution in [0.4, 0.5) is 0 Å². The van der Waals surface area contributed by atoms with Gasteiger partial charge >= 0.3 is 0 Å². The lowest BCUT2D eigenvalue weighted by Gasteiger charge is -2.32. The first-order valence-corrected chi connectivity index (χ1v) is 8.39. The van der Waals surface area contributed by atoms with Crippen molar-refractivity contribution in [1.29, 1.82) is 0 Å². The number of hydrogen-bond donors (Lipinski definition) is 2. The Hall–Kier alpha value is -1.10. The second-order valence-corrected chi connectivity index (χ2v) is 6.90. The van der Waals surface area contributed by atoms with Gasteiger partial charge in [0.2, 0.25) is 11.8 Å². The molecule has 0 aromatic heterocycles. The van der Waals surface area contributed by atoms with Crippen LogP contribution in [0.5, 0.6) is 0 Å². The van der Waals surface area contributed by atoms with Crippen molar-refractivity contribution in [1.82, 2.24) is 10.2 Å². The third kappa shape index (κ3) is 3.57. The molecule has 2 aliphatic carbocycles. The first-order valence-electron chi connectivity index (χ1n) is 8.39. The van der Waals surface area contributed by atoms with Crippen molar-refractivity contribution in [3.05, 3.63) is 0 Å². The second-order valence-electron chi connectivity index (χ2n) is 6.90. The maximum atomic E-state index is 12.3. The summed E-state index contributed by atoms with van der Waals surface area (Å²) in [5.41, 5.74) is 0. The van der Waals surface area contributed by atoms with Crippen molar-refractivity contribution in [3.8, 4) is 0 Å². The Bertz CT molecular complexity index is 408. The average molecular weight is 294 g/mol. The molecule has 0 radical (unpaired) electrons. The summed E-state index contributed by atoms with van der Waals surface area (Å²) in [5.74, 6) is 0.684. The molecule has 0 bridgehead atoms. The third-order valence-corrected chi connectivity index (χ3v) is 5.19. The molecule has 3 fully saturated rings. The lowest BCUT2D eigenvalue weighted by molar-refractivity contribution is -0.136. The Morgan fingerprint density at radius 3 is 2.52 bits per heavy atom. The fourth-order valence-electron chi connectivity index (χ4n) is 3.61. The highest BCUT2D eigenvalue weighted by molar-refractivity contribution is 5.83. The Balaban J connectivity index is 1.46. The highest BCUT2D eigenvalue weighted by Crippen LogP contribution is 2.32. The van der Waals surface area contributed by atoms with Gasteiger partial charge in [-0.05, 0) is 38.5 Å². The van der Waals surface area contributed by atoms with Gasteiger partial charge in [-0.15, -0.1) is 0 Å². The second kappa shape index (κ2) is 6.34. The van der Waals surface area contributed by atoms with E-state index in [4.69, 9.17) is 0 Å². The molecule has 3 rings (SSSR count). The van der Waals surface area contributed by atoms with Gasteiger partial charge in [0.25, 0.3) is 0 Å². The molecule has 3 unspecified atom stereocenters. The summed E-state index contributed by atoms with van der Waals surface area (Å²) < 4.78 is 0. The minimum absolute atomic E-state index is 0.0578. The van der Waals surface area contributed by atoms with Gasteiger partial charge in [0.05, 0.1) is 12.0 Å². The summed E-state index contributed by atoms with van der Waals surface area (Å²) in [6.07, 6.45) is 6.47. The maximum absolute atomic E-state index is 12.3. The molecule has 2 amide bonds. The number of piperidine rings is 1. The zero-order valence-corrected chi connectivity index (χ0v) is 12.6. The molecule has 1 saturated heterocycles. The van der Waals surface area contributed by atoms with E-state index in [1.165, 1.54) is 0 Å². The van der Waals surface area contributed by atoms with Crippen LogP contribution in [-0.2, 0) is 9.59 Å². The molecule has 1 aliphatic heterocycles. The predicted octanol–water partition coefficient (Wildman–Crippen LogP) is 0.912. The van der Waals surface area contributed by atoms with E-state index < -0.39 is 0 Å². The smallest absolute Gasteiger partial charge is 0.225 e. The molecule has 21 heavy (non-hydrogen) atoms. The van der Waals surface area contributed by atoms with Gasteiger partial charge in [0, 0.05) is 31.5 Å². The monoisotopic (exact) mass is 294 g/mol. The fourth-order valence-corrected chi connectivity index (χ4v) is 3.61. The summed E-state index contributed by atoms with van der Waals surface area (Å²) in [5, 5.41) is 12.8. The van der Waals surface area contributed by atoms with Crippen molar-refractivity contribution >= 4 is 11.8 Å². The van der Waals surface area contributed by atoms with Crippen LogP contribution in [0, 0.1) is 17.8 Å². The Morgan fingerprint density at radius 2 is 1.86 bits per heavy atom. The van der Waals surface area contributed by atoms with Gasteiger partial charge in [-0.3, -0.25) is 9.59 Å². The van der Waals surface area contributed by atoms with Gasteiger partial charge in [-0.2, -0.15) is 0 Å². The average Bonchev–Trinajstić information content (AvgIpc) is 3.27. The normalized spacial score (nSPS) is 33.0. The Morgan fingerprint density at radius 1 is 1.05 bits per heavy atom. The van der Waals surface area contributed by atoms with E-state index in [0.29, 0.717) is 13.1 Å². The number of aliphatic hydroxyl groups excluding tert-OH is 1. The topological polar surface area (TPSA) is 69.6 Å². The molecule has 5 heteroatoms. The van der Waals surface area contributed by atoms with Crippen molar-refractivity contribution in [3.63, 3.8) is 0 Å². The predicted molar refractivity (Wildman–Crippen MR) is 78.4 cm³/mol. The first-order chi connectivity index (χ1) is 10.1. The fraction of sp³-hybridized carbons (Fsp3) is 0.875. The van der Waals surface area contributed by atoms with Crippen molar-refractivity contribution in [2.45, 2.75) is 51.0 Å². The molecule has 2 saturated carbocycles. The summed E-state index contributed by atoms with van der Waals surface area (Å²) in [6.45, 7) is 1.96. The highest BCUT2D eigenvalue weighted by atomic mass is 16.3. The van der Waals surface area contributed by atoms with Crippen LogP contribution < -0.4 is 5.32 Å². The molecular formula is C16H26N2O3. The minimum atomic E-state index is -0.260. The molecule has 0 aromatic rings. The van der Waals surface area contributed by atoms with Gasteiger partial charge in [-0.1, -0.05) is 6.42 Å². The van der Waals surface area contributed by atoms with Crippen molar-refractivity contribution < 1.29 is 14.7 Å². The number of nitrogens with one attached hydrogen (secondary N) is 1. The number of rotatable bonds is 4. The molecule has 3 aliphatic rings. The van der Waals surface area contributed by atoms with E-state index in [-0.39, 0.29) is 35.7 Å². The summed E-state index contributed by atoms with van der Waals surface area (Å²) in [7, 11) is 0. The zero-order chi connectivity index (χ0) is 14.8. The first kappa shape index (κ1) is 14.8. The lowest BCUT2D eigenvalue weighted by Crippen LogP contribution is -2.46. The molecular weight excluding hydrogens is 268 g/mol. The molecule has 0 aromatic carbocycles. The standard InChI is InChI=1S/C16H26N2O3/c19-14-5-1-3-12(14)9-17-15(20)13-4-2-8-18(10-13)16(21)11-6-7-11/h11-14,19H,1-10H2,(H,17,20). The van der Waals surface area contributed by atoms with Crippen LogP contribution in [-0.4, -0.2) is 47.6 Å². The number of aliphatic hydroxyl groups is 1. The number of likely N-dealkylation sites (tertiary alicyclic amines) is 1. The van der Waals surface area contributed by atoms with Gasteiger partial charge in [-0.25, -0.2) is 0 Å². The van der Waals surface area contributed by atoms with E-state index in [1.54, 1.807) is 0 Å². The van der Waals surface area contributed by atoms with Crippen LogP contribution >= 0.6 is 0 Å². The van der Waals surface area contributed by atoms with Gasteiger partial charge in [0.1, 0.15) is 0 Å². The lowest BCUT2D eigenvalue weighted by atomic mass is 9.96. The van der Waals surface area contributed by atoms with Crippen LogP contribution in [0.2, 0.25) is 0 Å². The zero-order valence-electron chi connectivity index (χ0n) is 12.6.